The number of ether oxygens (including phenoxy) is 11. The number of hydrogen-bond donors (Lipinski definition) is 0. The van der Waals surface area contributed by atoms with Crippen LogP contribution >= 0.6 is 0 Å². The lowest BCUT2D eigenvalue weighted by Gasteiger charge is -2.09. The van der Waals surface area contributed by atoms with Crippen LogP contribution in [0.25, 0.3) is 0 Å². The zero-order valence-electron chi connectivity index (χ0n) is 22.4. The van der Waals surface area contributed by atoms with Crippen molar-refractivity contribution in [2.24, 2.45) is 0 Å². The highest BCUT2D eigenvalue weighted by atomic mass is 16.6. The zero-order chi connectivity index (χ0) is 26.7. The van der Waals surface area contributed by atoms with Gasteiger partial charge in [-0.1, -0.05) is 12.0 Å². The monoisotopic (exact) mass is 536 g/mol. The first kappa shape index (κ1) is 35.9. The third-order valence-corrected chi connectivity index (χ3v) is 4.14. The third-order valence-electron chi connectivity index (χ3n) is 4.14. The highest BCUT2D eigenvalue weighted by molar-refractivity contribution is 4.82. The molecule has 11 heteroatoms. The van der Waals surface area contributed by atoms with Crippen LogP contribution in [0.5, 0.6) is 0 Å². The van der Waals surface area contributed by atoms with E-state index >= 15 is 0 Å². The fraction of sp³-hybridized carbons (Fsp3) is 0.846. The molecule has 0 aromatic rings. The summed E-state index contributed by atoms with van der Waals surface area (Å²) in [5.74, 6) is 2.39. The normalized spacial score (nSPS) is 11.1. The van der Waals surface area contributed by atoms with Crippen LogP contribution in [0.1, 0.15) is 0 Å². The van der Waals surface area contributed by atoms with Gasteiger partial charge in [-0.05, 0) is 0 Å². The van der Waals surface area contributed by atoms with Crippen LogP contribution in [-0.2, 0) is 52.1 Å². The van der Waals surface area contributed by atoms with E-state index in [4.69, 9.17) is 58.5 Å². The van der Waals surface area contributed by atoms with Gasteiger partial charge in [0.05, 0.1) is 139 Å². The first-order chi connectivity index (χ1) is 18.4. The average Bonchev–Trinajstić information content (AvgIpc) is 2.91. The molecule has 0 saturated carbocycles. The van der Waals surface area contributed by atoms with Crippen molar-refractivity contribution in [3.8, 4) is 12.3 Å². The van der Waals surface area contributed by atoms with Crippen LogP contribution in [-0.4, -0.2) is 145 Å². The van der Waals surface area contributed by atoms with Gasteiger partial charge in [0, 0.05) is 0 Å². The first-order valence-electron chi connectivity index (χ1n) is 12.8. The Hall–Kier alpha value is -1.14. The molecule has 0 bridgehead atoms. The molecule has 0 N–H and O–H groups in total. The summed E-state index contributed by atoms with van der Waals surface area (Å²) in [5.41, 5.74) is 0. The van der Waals surface area contributed by atoms with E-state index in [9.17, 15) is 0 Å². The Bertz CT molecular complexity index is 474. The molecule has 0 unspecified atom stereocenters. The summed E-state index contributed by atoms with van der Waals surface area (Å²) >= 11 is 0. The van der Waals surface area contributed by atoms with E-state index in [0.717, 1.165) is 0 Å². The minimum absolute atomic E-state index is 0.310. The van der Waals surface area contributed by atoms with Crippen LogP contribution in [0.2, 0.25) is 0 Å². The van der Waals surface area contributed by atoms with E-state index in [1.165, 1.54) is 0 Å². The van der Waals surface area contributed by atoms with Crippen molar-refractivity contribution >= 4 is 0 Å². The van der Waals surface area contributed by atoms with Crippen molar-refractivity contribution in [3.05, 3.63) is 12.7 Å². The average molecular weight is 537 g/mol. The van der Waals surface area contributed by atoms with Crippen molar-refractivity contribution < 1.29 is 52.1 Å². The van der Waals surface area contributed by atoms with E-state index in [2.05, 4.69) is 12.5 Å². The smallest absolute Gasteiger partial charge is 0.107 e. The van der Waals surface area contributed by atoms with Gasteiger partial charge in [0.1, 0.15) is 6.61 Å². The summed E-state index contributed by atoms with van der Waals surface area (Å²) in [7, 11) is 0. The molecule has 0 spiro atoms. The Morgan fingerprint density at radius 3 is 0.811 bits per heavy atom. The Kier molecular flexibility index (Phi) is 33.8. The quantitative estimate of drug-likeness (QED) is 0.0682. The molecule has 0 amide bonds. The highest BCUT2D eigenvalue weighted by Gasteiger charge is 1.96. The van der Waals surface area contributed by atoms with Crippen LogP contribution in [0.4, 0.5) is 0 Å². The van der Waals surface area contributed by atoms with Crippen LogP contribution in [0, 0.1) is 12.3 Å². The van der Waals surface area contributed by atoms with Crippen molar-refractivity contribution in [2.45, 2.75) is 0 Å². The Labute approximate surface area is 222 Å². The Morgan fingerprint density at radius 1 is 0.378 bits per heavy atom. The van der Waals surface area contributed by atoms with E-state index in [1.54, 1.807) is 6.08 Å². The minimum Gasteiger partial charge on any atom is -0.377 e. The molecule has 37 heavy (non-hydrogen) atoms. The molecule has 0 aromatic heterocycles. The van der Waals surface area contributed by atoms with E-state index in [0.29, 0.717) is 145 Å². The lowest BCUT2D eigenvalue weighted by atomic mass is 10.6. The molecule has 0 aliphatic carbocycles. The lowest BCUT2D eigenvalue weighted by Crippen LogP contribution is -2.15. The van der Waals surface area contributed by atoms with E-state index < -0.39 is 0 Å². The van der Waals surface area contributed by atoms with E-state index in [-0.39, 0.29) is 0 Å². The highest BCUT2D eigenvalue weighted by Crippen LogP contribution is 1.87. The molecule has 0 aromatic carbocycles. The minimum atomic E-state index is 0.310. The van der Waals surface area contributed by atoms with Gasteiger partial charge in [0.2, 0.25) is 0 Å². The topological polar surface area (TPSA) is 102 Å². The van der Waals surface area contributed by atoms with Gasteiger partial charge in [-0.25, -0.2) is 0 Å². The van der Waals surface area contributed by atoms with Gasteiger partial charge in [-0.15, -0.1) is 13.0 Å². The molecule has 0 saturated heterocycles. The molecule has 11 nitrogen and oxygen atoms in total. The largest absolute Gasteiger partial charge is 0.377 e. The fourth-order valence-corrected chi connectivity index (χ4v) is 2.39. The molecule has 0 radical (unpaired) electrons. The summed E-state index contributed by atoms with van der Waals surface area (Å²) in [6, 6.07) is 0. The summed E-state index contributed by atoms with van der Waals surface area (Å²) in [4.78, 5) is 0. The summed E-state index contributed by atoms with van der Waals surface area (Å²) in [5, 5.41) is 0. The fourth-order valence-electron chi connectivity index (χ4n) is 2.39. The maximum absolute atomic E-state index is 5.45. The van der Waals surface area contributed by atoms with Crippen molar-refractivity contribution in [3.63, 3.8) is 0 Å². The first-order valence-corrected chi connectivity index (χ1v) is 12.8. The maximum Gasteiger partial charge on any atom is 0.107 e. The maximum atomic E-state index is 5.45. The van der Waals surface area contributed by atoms with E-state index in [1.807, 2.05) is 0 Å². The molecule has 0 aliphatic heterocycles. The predicted molar refractivity (Wildman–Crippen MR) is 138 cm³/mol. The SMILES string of the molecule is C#CCOCCOCCOCCOCCOCCOCCOCCOCCOCCOCCOCC=C. The molecule has 0 atom stereocenters. The second kappa shape index (κ2) is 34.9. The summed E-state index contributed by atoms with van der Waals surface area (Å²) in [6.07, 6.45) is 6.78. The van der Waals surface area contributed by atoms with Gasteiger partial charge in [-0.2, -0.15) is 0 Å². The number of terminal acetylenes is 1. The predicted octanol–water partition coefficient (Wildman–Crippen LogP) is 0.988. The lowest BCUT2D eigenvalue weighted by molar-refractivity contribution is -0.0270. The zero-order valence-corrected chi connectivity index (χ0v) is 22.4. The summed E-state index contributed by atoms with van der Waals surface area (Å²) in [6.45, 7) is 14.9. The van der Waals surface area contributed by atoms with Crippen molar-refractivity contribution in [2.75, 3.05) is 145 Å². The second-order valence-electron chi connectivity index (χ2n) is 7.13. The van der Waals surface area contributed by atoms with Gasteiger partial charge in [-0.3, -0.25) is 0 Å². The van der Waals surface area contributed by atoms with Gasteiger partial charge in [0.15, 0.2) is 0 Å². The molecule has 0 heterocycles. The molecular formula is C26H48O11. The van der Waals surface area contributed by atoms with Gasteiger partial charge < -0.3 is 52.1 Å². The van der Waals surface area contributed by atoms with Crippen LogP contribution in [0.15, 0.2) is 12.7 Å². The molecule has 0 fully saturated rings. The van der Waals surface area contributed by atoms with Crippen LogP contribution in [0.3, 0.4) is 0 Å². The van der Waals surface area contributed by atoms with Gasteiger partial charge >= 0.3 is 0 Å². The number of hydrogen-bond acceptors (Lipinski definition) is 11. The molecule has 0 aliphatic rings. The number of rotatable bonds is 33. The van der Waals surface area contributed by atoms with Gasteiger partial charge in [0.25, 0.3) is 0 Å². The summed E-state index contributed by atoms with van der Waals surface area (Å²) < 4.78 is 59.0. The standard InChI is InChI=1S/C26H48O11/c1-3-5-27-7-9-29-11-13-31-15-17-33-19-21-35-23-25-37-26-24-36-22-20-34-18-16-32-14-12-30-10-8-28-6-4-2/h1,4H,2,5-26H2. The molecule has 0 rings (SSSR count). The third kappa shape index (κ3) is 34.9. The second-order valence-corrected chi connectivity index (χ2v) is 7.13. The Balaban J connectivity index is 3.01. The molecular weight excluding hydrogens is 488 g/mol. The Morgan fingerprint density at radius 2 is 0.595 bits per heavy atom. The molecule has 218 valence electrons. The van der Waals surface area contributed by atoms with Crippen molar-refractivity contribution in [1.29, 1.82) is 0 Å². The van der Waals surface area contributed by atoms with Crippen LogP contribution < -0.4 is 0 Å². The van der Waals surface area contributed by atoms with Crippen molar-refractivity contribution in [1.82, 2.24) is 0 Å².